The zero-order chi connectivity index (χ0) is 23.1. The van der Waals surface area contributed by atoms with Crippen molar-refractivity contribution in [2.45, 2.75) is 76.9 Å². The fourth-order valence-corrected chi connectivity index (χ4v) is 5.67. The number of ether oxygens (including phenoxy) is 1. The van der Waals surface area contributed by atoms with Crippen LogP contribution in [0.4, 0.5) is 13.2 Å². The Bertz CT molecular complexity index is 838. The zero-order valence-electron chi connectivity index (χ0n) is 18.8. The monoisotopic (exact) mass is 454 g/mol. The van der Waals surface area contributed by atoms with Gasteiger partial charge in [-0.05, 0) is 61.3 Å². The number of amides is 1. The van der Waals surface area contributed by atoms with Crippen LogP contribution in [0.5, 0.6) is 0 Å². The number of carbonyl (C=O) groups is 1. The van der Waals surface area contributed by atoms with Crippen LogP contribution >= 0.6 is 0 Å². The maximum absolute atomic E-state index is 13.8. The van der Waals surface area contributed by atoms with Crippen molar-refractivity contribution in [3.8, 4) is 0 Å². The van der Waals surface area contributed by atoms with Gasteiger partial charge in [0.2, 0.25) is 5.91 Å². The van der Waals surface area contributed by atoms with Gasteiger partial charge in [-0.2, -0.15) is 13.2 Å². The molecule has 32 heavy (non-hydrogen) atoms. The molecule has 1 aromatic carbocycles. The molecule has 2 heterocycles. The summed E-state index contributed by atoms with van der Waals surface area (Å²) >= 11 is 0. The number of β-amino-alcohol motifs (C(OH)–C–C–N with tert-alkyl or cyclic N) is 1. The highest BCUT2D eigenvalue weighted by Crippen LogP contribution is 2.47. The lowest BCUT2D eigenvalue weighted by Gasteiger charge is -2.41. The molecule has 3 aliphatic rings. The van der Waals surface area contributed by atoms with Gasteiger partial charge >= 0.3 is 6.18 Å². The zero-order valence-corrected chi connectivity index (χ0v) is 18.8. The molecule has 8 heteroatoms. The van der Waals surface area contributed by atoms with Crippen molar-refractivity contribution in [1.82, 2.24) is 10.2 Å². The van der Waals surface area contributed by atoms with Crippen LogP contribution in [0.25, 0.3) is 0 Å². The Morgan fingerprint density at radius 1 is 1.22 bits per heavy atom. The van der Waals surface area contributed by atoms with Gasteiger partial charge in [-0.15, -0.1) is 0 Å². The molecule has 0 aromatic heterocycles. The van der Waals surface area contributed by atoms with Crippen molar-refractivity contribution in [2.75, 3.05) is 19.8 Å². The molecular formula is C24H33F3N2O3. The van der Waals surface area contributed by atoms with Gasteiger partial charge in [0.25, 0.3) is 0 Å². The molecule has 178 valence electrons. The van der Waals surface area contributed by atoms with Crippen LogP contribution in [0.3, 0.4) is 0 Å². The lowest BCUT2D eigenvalue weighted by atomic mass is 9.73. The Labute approximate surface area is 187 Å². The SMILES string of the molecule is CC(C)[C@]1(C(=O)N2Cc3cc(C(F)(F)F)ccc3C(O)C2)CC[C@@H](NC2CCOCC2)C1. The molecule has 3 atom stereocenters. The molecule has 0 bridgehead atoms. The fourth-order valence-electron chi connectivity index (χ4n) is 5.67. The van der Waals surface area contributed by atoms with E-state index in [0.717, 1.165) is 51.0 Å². The van der Waals surface area contributed by atoms with Crippen LogP contribution in [-0.4, -0.2) is 47.8 Å². The van der Waals surface area contributed by atoms with Crippen LogP contribution in [0, 0.1) is 11.3 Å². The molecule has 1 saturated carbocycles. The molecule has 4 rings (SSSR count). The number of alkyl halides is 3. The highest BCUT2D eigenvalue weighted by Gasteiger charge is 2.50. The number of nitrogens with zero attached hydrogens (tertiary/aromatic N) is 1. The molecular weight excluding hydrogens is 421 g/mol. The van der Waals surface area contributed by atoms with Crippen molar-refractivity contribution < 1.29 is 27.8 Å². The number of fused-ring (bicyclic) bond motifs is 1. The summed E-state index contributed by atoms with van der Waals surface area (Å²) in [6, 6.07) is 4.05. The summed E-state index contributed by atoms with van der Waals surface area (Å²) in [6.07, 6.45) is -1.15. The van der Waals surface area contributed by atoms with E-state index in [2.05, 4.69) is 5.32 Å². The van der Waals surface area contributed by atoms with Crippen molar-refractivity contribution in [1.29, 1.82) is 0 Å². The molecule has 0 spiro atoms. The minimum atomic E-state index is -4.46. The van der Waals surface area contributed by atoms with Gasteiger partial charge in [0.15, 0.2) is 0 Å². The third-order valence-corrected chi connectivity index (χ3v) is 7.64. The number of halogens is 3. The van der Waals surface area contributed by atoms with Gasteiger partial charge in [0.1, 0.15) is 0 Å². The Morgan fingerprint density at radius 2 is 1.94 bits per heavy atom. The first-order chi connectivity index (χ1) is 15.1. The Morgan fingerprint density at radius 3 is 2.59 bits per heavy atom. The Balaban J connectivity index is 1.52. The topological polar surface area (TPSA) is 61.8 Å². The van der Waals surface area contributed by atoms with E-state index < -0.39 is 23.3 Å². The Hall–Kier alpha value is -1.64. The maximum Gasteiger partial charge on any atom is 0.416 e. The first kappa shape index (κ1) is 23.5. The largest absolute Gasteiger partial charge is 0.416 e. The minimum absolute atomic E-state index is 0.0501. The normalized spacial score (nSPS) is 29.4. The number of hydrogen-bond donors (Lipinski definition) is 2. The third-order valence-electron chi connectivity index (χ3n) is 7.64. The molecule has 1 aliphatic carbocycles. The lowest BCUT2D eigenvalue weighted by Crippen LogP contribution is -2.49. The summed E-state index contributed by atoms with van der Waals surface area (Å²) in [6.45, 7) is 5.81. The van der Waals surface area contributed by atoms with Crippen molar-refractivity contribution in [3.05, 3.63) is 34.9 Å². The smallest absolute Gasteiger partial charge is 0.387 e. The van der Waals surface area contributed by atoms with E-state index in [4.69, 9.17) is 4.74 Å². The molecule has 1 unspecified atom stereocenters. The second-order valence-corrected chi connectivity index (χ2v) is 9.92. The Kier molecular flexibility index (Phi) is 6.58. The molecule has 2 N–H and O–H groups in total. The van der Waals surface area contributed by atoms with Gasteiger partial charge < -0.3 is 20.1 Å². The average molecular weight is 455 g/mol. The van der Waals surface area contributed by atoms with Crippen LogP contribution < -0.4 is 5.32 Å². The van der Waals surface area contributed by atoms with Crippen molar-refractivity contribution in [3.63, 3.8) is 0 Å². The maximum atomic E-state index is 13.8. The van der Waals surface area contributed by atoms with Gasteiger partial charge in [-0.1, -0.05) is 19.9 Å². The summed E-state index contributed by atoms with van der Waals surface area (Å²) < 4.78 is 45.0. The van der Waals surface area contributed by atoms with E-state index in [1.165, 1.54) is 6.07 Å². The number of hydrogen-bond acceptors (Lipinski definition) is 4. The first-order valence-corrected chi connectivity index (χ1v) is 11.6. The summed E-state index contributed by atoms with van der Waals surface area (Å²) in [5.74, 6) is 0.0439. The van der Waals surface area contributed by atoms with Crippen LogP contribution in [0.1, 0.15) is 68.7 Å². The summed E-state index contributed by atoms with van der Waals surface area (Å²) in [5, 5.41) is 14.3. The highest BCUT2D eigenvalue weighted by atomic mass is 19.4. The number of carbonyl (C=O) groups excluding carboxylic acids is 1. The number of benzene rings is 1. The molecule has 1 aromatic rings. The summed E-state index contributed by atoms with van der Waals surface area (Å²) in [7, 11) is 0. The van der Waals surface area contributed by atoms with E-state index >= 15 is 0 Å². The standard InChI is InChI=1S/C24H33F3N2O3/c1-15(2)23(8-5-19(12-23)28-18-6-9-32-10-7-18)22(31)29-13-16-11-17(24(25,26)27)3-4-20(16)21(30)14-29/h3-4,11,15,18-19,21,28,30H,5-10,12-14H2,1-2H3/t19-,21?,23+/m1/s1. The van der Waals surface area contributed by atoms with E-state index in [9.17, 15) is 23.1 Å². The molecule has 0 radical (unpaired) electrons. The van der Waals surface area contributed by atoms with Gasteiger partial charge in [0.05, 0.1) is 23.6 Å². The van der Waals surface area contributed by atoms with E-state index in [1.807, 2.05) is 13.8 Å². The lowest BCUT2D eigenvalue weighted by molar-refractivity contribution is -0.148. The average Bonchev–Trinajstić information content (AvgIpc) is 3.18. The van der Waals surface area contributed by atoms with E-state index in [-0.39, 0.29) is 31.0 Å². The number of rotatable bonds is 4. The van der Waals surface area contributed by atoms with Crippen LogP contribution in [0.15, 0.2) is 18.2 Å². The minimum Gasteiger partial charge on any atom is -0.387 e. The van der Waals surface area contributed by atoms with Gasteiger partial charge in [-0.3, -0.25) is 4.79 Å². The van der Waals surface area contributed by atoms with Gasteiger partial charge in [0, 0.05) is 31.8 Å². The molecule has 1 saturated heterocycles. The van der Waals surface area contributed by atoms with E-state index in [1.54, 1.807) is 4.90 Å². The quantitative estimate of drug-likeness (QED) is 0.721. The number of nitrogens with one attached hydrogen (secondary N) is 1. The summed E-state index contributed by atoms with van der Waals surface area (Å²) in [5.41, 5.74) is -0.466. The van der Waals surface area contributed by atoms with E-state index in [0.29, 0.717) is 23.6 Å². The van der Waals surface area contributed by atoms with Crippen molar-refractivity contribution >= 4 is 5.91 Å². The predicted octanol–water partition coefficient (Wildman–Crippen LogP) is 4.04. The second-order valence-electron chi connectivity index (χ2n) is 9.92. The predicted molar refractivity (Wildman–Crippen MR) is 114 cm³/mol. The highest BCUT2D eigenvalue weighted by molar-refractivity contribution is 5.84. The molecule has 2 fully saturated rings. The third kappa shape index (κ3) is 4.54. The fraction of sp³-hybridized carbons (Fsp3) is 0.708. The number of aliphatic hydroxyl groups excluding tert-OH is 1. The first-order valence-electron chi connectivity index (χ1n) is 11.6. The van der Waals surface area contributed by atoms with Crippen LogP contribution in [-0.2, 0) is 22.3 Å². The van der Waals surface area contributed by atoms with Crippen LogP contribution in [0.2, 0.25) is 0 Å². The molecule has 2 aliphatic heterocycles. The van der Waals surface area contributed by atoms with Gasteiger partial charge in [-0.25, -0.2) is 0 Å². The van der Waals surface area contributed by atoms with Crippen molar-refractivity contribution in [2.24, 2.45) is 11.3 Å². The second kappa shape index (κ2) is 8.95. The summed E-state index contributed by atoms with van der Waals surface area (Å²) in [4.78, 5) is 15.4. The number of aliphatic hydroxyl groups is 1. The molecule has 5 nitrogen and oxygen atoms in total. The molecule has 1 amide bonds.